The van der Waals surface area contributed by atoms with E-state index in [1.807, 2.05) is 12.1 Å². The molecule has 1 aromatic rings. The SMILES string of the molecule is O=C(C1CCCCC1)N(CCN1[C@@H]2CC[C@H]1CC(c1cccc(O)c1)C2)CC1CCCCC1. The van der Waals surface area contributed by atoms with E-state index in [0.29, 0.717) is 29.7 Å². The van der Waals surface area contributed by atoms with Crippen molar-refractivity contribution < 1.29 is 9.90 Å². The van der Waals surface area contributed by atoms with Crippen molar-refractivity contribution in [1.82, 2.24) is 9.80 Å². The van der Waals surface area contributed by atoms with Gasteiger partial charge in [0.15, 0.2) is 0 Å². The van der Waals surface area contributed by atoms with Crippen molar-refractivity contribution in [2.45, 2.75) is 108 Å². The zero-order chi connectivity index (χ0) is 22.6. The summed E-state index contributed by atoms with van der Waals surface area (Å²) in [6, 6.07) is 9.19. The molecule has 5 rings (SSSR count). The standard InChI is InChI=1S/C29H44N2O2/c32-28-13-7-12-24(20-28)25-18-26-14-15-27(19-25)31(26)17-16-30(21-22-8-3-1-4-9-22)29(33)23-10-5-2-6-11-23/h7,12-13,20,22-23,25-27,32H,1-6,8-11,14-19,21H2/t25?,26-,27+. The molecule has 4 aliphatic rings. The number of phenolic OH excluding ortho intramolecular Hbond substituents is 1. The number of hydrogen-bond acceptors (Lipinski definition) is 3. The van der Waals surface area contributed by atoms with Crippen LogP contribution in [0.25, 0.3) is 0 Å². The summed E-state index contributed by atoms with van der Waals surface area (Å²) in [5, 5.41) is 9.93. The number of piperidine rings is 1. The predicted octanol–water partition coefficient (Wildman–Crippen LogP) is 6.09. The summed E-state index contributed by atoms with van der Waals surface area (Å²) in [6.07, 6.45) is 17.7. The normalized spacial score (nSPS) is 29.3. The van der Waals surface area contributed by atoms with Crippen LogP contribution >= 0.6 is 0 Å². The molecule has 4 fully saturated rings. The first-order valence-electron chi connectivity index (χ1n) is 14.0. The lowest BCUT2D eigenvalue weighted by Crippen LogP contribution is -2.49. The number of fused-ring (bicyclic) bond motifs is 2. The summed E-state index contributed by atoms with van der Waals surface area (Å²) in [4.78, 5) is 18.6. The Hall–Kier alpha value is -1.55. The van der Waals surface area contributed by atoms with Gasteiger partial charge in [-0.2, -0.15) is 0 Å². The second kappa shape index (κ2) is 10.8. The minimum absolute atomic E-state index is 0.288. The quantitative estimate of drug-likeness (QED) is 0.544. The van der Waals surface area contributed by atoms with E-state index >= 15 is 0 Å². The zero-order valence-electron chi connectivity index (χ0n) is 20.5. The van der Waals surface area contributed by atoms with Gasteiger partial charge in [-0.1, -0.05) is 50.7 Å². The van der Waals surface area contributed by atoms with Gasteiger partial charge in [0.25, 0.3) is 0 Å². The second-order valence-electron chi connectivity index (χ2n) is 11.5. The van der Waals surface area contributed by atoms with Crippen molar-refractivity contribution in [3.05, 3.63) is 29.8 Å². The Balaban J connectivity index is 1.21. The number of nitrogens with zero attached hydrogens (tertiary/aromatic N) is 2. The first kappa shape index (κ1) is 23.2. The lowest BCUT2D eigenvalue weighted by molar-refractivity contribution is -0.137. The molecule has 0 aromatic heterocycles. The van der Waals surface area contributed by atoms with Gasteiger partial charge in [-0.15, -0.1) is 0 Å². The highest BCUT2D eigenvalue weighted by Crippen LogP contribution is 2.43. The number of amides is 1. The maximum Gasteiger partial charge on any atom is 0.225 e. The van der Waals surface area contributed by atoms with Crippen LogP contribution in [0.5, 0.6) is 5.75 Å². The van der Waals surface area contributed by atoms with Crippen LogP contribution in [0.15, 0.2) is 24.3 Å². The molecule has 0 spiro atoms. The van der Waals surface area contributed by atoms with E-state index in [1.54, 1.807) is 6.07 Å². The molecule has 1 unspecified atom stereocenters. The van der Waals surface area contributed by atoms with E-state index in [4.69, 9.17) is 0 Å². The van der Waals surface area contributed by atoms with Crippen LogP contribution in [0.1, 0.15) is 101 Å². The van der Waals surface area contributed by atoms with E-state index in [0.717, 1.165) is 38.4 Å². The van der Waals surface area contributed by atoms with Crippen LogP contribution in [-0.4, -0.2) is 52.5 Å². The van der Waals surface area contributed by atoms with E-state index in [-0.39, 0.29) is 5.92 Å². The molecule has 0 radical (unpaired) electrons. The van der Waals surface area contributed by atoms with Gasteiger partial charge in [0.2, 0.25) is 5.91 Å². The Bertz CT molecular complexity index is 770. The van der Waals surface area contributed by atoms with E-state index in [1.165, 1.54) is 82.6 Å². The van der Waals surface area contributed by atoms with Crippen LogP contribution in [0, 0.1) is 11.8 Å². The van der Waals surface area contributed by atoms with Crippen LogP contribution in [0.2, 0.25) is 0 Å². The molecule has 2 heterocycles. The smallest absolute Gasteiger partial charge is 0.225 e. The van der Waals surface area contributed by atoms with Crippen LogP contribution < -0.4 is 0 Å². The fraction of sp³-hybridized carbons (Fsp3) is 0.759. The molecule has 2 aliphatic heterocycles. The number of carbonyl (C=O) groups excluding carboxylic acids is 1. The number of aromatic hydroxyl groups is 1. The van der Waals surface area contributed by atoms with Crippen LogP contribution in [0.4, 0.5) is 0 Å². The van der Waals surface area contributed by atoms with Gasteiger partial charge in [0.05, 0.1) is 0 Å². The first-order chi connectivity index (χ1) is 16.2. The van der Waals surface area contributed by atoms with Gasteiger partial charge in [-0.05, 0) is 80.9 Å². The predicted molar refractivity (Wildman–Crippen MR) is 133 cm³/mol. The largest absolute Gasteiger partial charge is 0.508 e. The van der Waals surface area contributed by atoms with Gasteiger partial charge < -0.3 is 10.0 Å². The molecule has 4 heteroatoms. The summed E-state index contributed by atoms with van der Waals surface area (Å²) >= 11 is 0. The number of carbonyl (C=O) groups is 1. The first-order valence-corrected chi connectivity index (χ1v) is 14.0. The molecular formula is C29H44N2O2. The topological polar surface area (TPSA) is 43.8 Å². The van der Waals surface area contributed by atoms with E-state index in [2.05, 4.69) is 15.9 Å². The molecule has 2 saturated carbocycles. The Morgan fingerprint density at radius 1 is 0.909 bits per heavy atom. The van der Waals surface area contributed by atoms with Gasteiger partial charge >= 0.3 is 0 Å². The highest BCUT2D eigenvalue weighted by atomic mass is 16.3. The summed E-state index contributed by atoms with van der Waals surface area (Å²) < 4.78 is 0. The zero-order valence-corrected chi connectivity index (χ0v) is 20.5. The number of hydrogen-bond donors (Lipinski definition) is 1. The fourth-order valence-electron chi connectivity index (χ4n) is 7.51. The monoisotopic (exact) mass is 452 g/mol. The summed E-state index contributed by atoms with van der Waals surface area (Å²) in [6.45, 7) is 2.98. The van der Waals surface area contributed by atoms with Crippen molar-refractivity contribution >= 4 is 5.91 Å². The maximum absolute atomic E-state index is 13.6. The molecule has 2 saturated heterocycles. The third-order valence-corrected chi connectivity index (χ3v) is 9.32. The van der Waals surface area contributed by atoms with Gasteiger partial charge in [-0.25, -0.2) is 0 Å². The summed E-state index contributed by atoms with van der Waals surface area (Å²) in [5.74, 6) is 2.44. The average Bonchev–Trinajstić information content (AvgIpc) is 3.08. The van der Waals surface area contributed by atoms with Gasteiger partial charge in [0.1, 0.15) is 5.75 Å². The van der Waals surface area contributed by atoms with Crippen molar-refractivity contribution in [3.63, 3.8) is 0 Å². The number of benzene rings is 1. The van der Waals surface area contributed by atoms with E-state index < -0.39 is 0 Å². The Kier molecular flexibility index (Phi) is 7.59. The maximum atomic E-state index is 13.6. The highest BCUT2D eigenvalue weighted by molar-refractivity contribution is 5.79. The van der Waals surface area contributed by atoms with E-state index in [9.17, 15) is 9.90 Å². The molecule has 2 aliphatic carbocycles. The molecule has 33 heavy (non-hydrogen) atoms. The van der Waals surface area contributed by atoms with Crippen molar-refractivity contribution in [2.24, 2.45) is 11.8 Å². The third-order valence-electron chi connectivity index (χ3n) is 9.32. The fourth-order valence-corrected chi connectivity index (χ4v) is 7.51. The van der Waals surface area contributed by atoms with Crippen LogP contribution in [-0.2, 0) is 4.79 Å². The molecule has 1 amide bonds. The Morgan fingerprint density at radius 2 is 1.58 bits per heavy atom. The van der Waals surface area contributed by atoms with Crippen LogP contribution in [0.3, 0.4) is 0 Å². The van der Waals surface area contributed by atoms with Crippen molar-refractivity contribution in [1.29, 1.82) is 0 Å². The highest BCUT2D eigenvalue weighted by Gasteiger charge is 2.41. The molecule has 3 atom stereocenters. The lowest BCUT2D eigenvalue weighted by atomic mass is 9.85. The molecule has 1 N–H and O–H groups in total. The Labute approximate surface area is 200 Å². The molecule has 4 nitrogen and oxygen atoms in total. The average molecular weight is 453 g/mol. The summed E-state index contributed by atoms with van der Waals surface area (Å²) in [5.41, 5.74) is 1.30. The number of phenols is 1. The second-order valence-corrected chi connectivity index (χ2v) is 11.5. The lowest BCUT2D eigenvalue weighted by Gasteiger charge is -2.41. The molecule has 182 valence electrons. The molecule has 2 bridgehead atoms. The minimum Gasteiger partial charge on any atom is -0.508 e. The Morgan fingerprint density at radius 3 is 2.24 bits per heavy atom. The third kappa shape index (κ3) is 5.58. The van der Waals surface area contributed by atoms with Gasteiger partial charge in [0, 0.05) is 37.6 Å². The molecule has 1 aromatic carbocycles. The number of rotatable bonds is 7. The van der Waals surface area contributed by atoms with Gasteiger partial charge in [-0.3, -0.25) is 9.69 Å². The molecular weight excluding hydrogens is 408 g/mol. The minimum atomic E-state index is 0.288. The van der Waals surface area contributed by atoms with Crippen molar-refractivity contribution in [2.75, 3.05) is 19.6 Å². The van der Waals surface area contributed by atoms with Crippen molar-refractivity contribution in [3.8, 4) is 5.75 Å². The summed E-state index contributed by atoms with van der Waals surface area (Å²) in [7, 11) is 0.